The first kappa shape index (κ1) is 29.3. The lowest BCUT2D eigenvalue weighted by atomic mass is 9.99. The molecule has 4 N–H and O–H groups in total. The molecule has 1 aliphatic rings. The number of nitrogens with one attached hydrogen (secondary N) is 4. The molecule has 0 bridgehead atoms. The van der Waals surface area contributed by atoms with Crippen molar-refractivity contribution in [3.63, 3.8) is 0 Å². The number of rotatable bonds is 10. The average Bonchev–Trinajstić information content (AvgIpc) is 3.79. The number of benzene rings is 2. The molecule has 1 aliphatic carbocycles. The second kappa shape index (κ2) is 12.2. The van der Waals surface area contributed by atoms with E-state index in [1.807, 2.05) is 48.8 Å². The summed E-state index contributed by atoms with van der Waals surface area (Å²) in [6, 6.07) is 18.4. The van der Waals surface area contributed by atoms with Crippen molar-refractivity contribution < 1.29 is 12.8 Å². The molecule has 1 saturated carbocycles. The fourth-order valence-corrected chi connectivity index (χ4v) is 6.69. The monoisotopic (exact) mass is 623 g/mol. The van der Waals surface area contributed by atoms with Gasteiger partial charge in [-0.25, -0.2) is 22.5 Å². The molecule has 11 heteroatoms. The summed E-state index contributed by atoms with van der Waals surface area (Å²) in [5, 5.41) is 12.2. The molecule has 9 nitrogen and oxygen atoms in total. The van der Waals surface area contributed by atoms with Crippen LogP contribution in [0.15, 0.2) is 73.1 Å². The van der Waals surface area contributed by atoms with Crippen LogP contribution >= 0.6 is 0 Å². The van der Waals surface area contributed by atoms with E-state index in [4.69, 9.17) is 4.98 Å². The molecule has 4 heterocycles. The summed E-state index contributed by atoms with van der Waals surface area (Å²) in [5.41, 5.74) is 8.70. The van der Waals surface area contributed by atoms with E-state index in [0.29, 0.717) is 16.8 Å². The van der Waals surface area contributed by atoms with Gasteiger partial charge in [0.2, 0.25) is 10.0 Å². The molecule has 7 rings (SSSR count). The van der Waals surface area contributed by atoms with Crippen LogP contribution in [0.1, 0.15) is 36.8 Å². The van der Waals surface area contributed by atoms with Crippen LogP contribution in [0.4, 0.5) is 4.39 Å². The summed E-state index contributed by atoms with van der Waals surface area (Å²) < 4.78 is 40.3. The summed E-state index contributed by atoms with van der Waals surface area (Å²) in [4.78, 5) is 13.0. The molecule has 0 aliphatic heterocycles. The van der Waals surface area contributed by atoms with Gasteiger partial charge in [-0.3, -0.25) is 10.1 Å². The zero-order valence-electron chi connectivity index (χ0n) is 24.9. The van der Waals surface area contributed by atoms with Crippen LogP contribution in [0.25, 0.3) is 55.7 Å². The van der Waals surface area contributed by atoms with E-state index >= 15 is 0 Å². The molecule has 0 saturated heterocycles. The van der Waals surface area contributed by atoms with Crippen molar-refractivity contribution in [1.82, 2.24) is 35.2 Å². The second-order valence-electron chi connectivity index (χ2n) is 11.9. The molecular weight excluding hydrogens is 589 g/mol. The van der Waals surface area contributed by atoms with E-state index in [1.54, 1.807) is 6.07 Å². The fourth-order valence-electron chi connectivity index (χ4n) is 6.26. The summed E-state index contributed by atoms with van der Waals surface area (Å²) in [7, 11) is -3.42. The Morgan fingerprint density at radius 2 is 1.78 bits per heavy atom. The van der Waals surface area contributed by atoms with Crippen LogP contribution in [-0.2, 0) is 23.1 Å². The number of H-pyrrole nitrogens is 2. The second-order valence-corrected chi connectivity index (χ2v) is 13.8. The van der Waals surface area contributed by atoms with E-state index in [2.05, 4.69) is 36.3 Å². The number of hydrogen-bond acceptors (Lipinski definition) is 6. The van der Waals surface area contributed by atoms with Crippen LogP contribution in [0, 0.1) is 11.7 Å². The maximum atomic E-state index is 14.6. The average molecular weight is 624 g/mol. The van der Waals surface area contributed by atoms with Crippen LogP contribution < -0.4 is 10.0 Å². The maximum Gasteiger partial charge on any atom is 0.209 e. The summed E-state index contributed by atoms with van der Waals surface area (Å²) in [6.45, 7) is 1.81. The standard InChI is InChI=1S/C34H34FN7O2S/c1-45(43,44)38-19-22-11-24(14-26(35)13-22)27-7-4-8-30-28(27)15-32(39-30)34-33-31(41-42-34)10-9-29(40-33)25-12-23(18-37-20-25)17-36-16-21-5-2-3-6-21/h4,7-15,18,20-21,36,38-39H,2-3,5-6,16-17,19H2,1H3,(H,41,42). The van der Waals surface area contributed by atoms with Crippen molar-refractivity contribution in [2.24, 2.45) is 5.92 Å². The third-order valence-corrected chi connectivity index (χ3v) is 9.13. The van der Waals surface area contributed by atoms with Gasteiger partial charge in [0.05, 0.1) is 23.2 Å². The number of halogens is 1. The van der Waals surface area contributed by atoms with Crippen LogP contribution in [0.3, 0.4) is 0 Å². The minimum Gasteiger partial charge on any atom is -0.353 e. The van der Waals surface area contributed by atoms with Gasteiger partial charge in [-0.05, 0) is 96.1 Å². The Labute approximate surface area is 260 Å². The lowest BCUT2D eigenvalue weighted by molar-refractivity contribution is 0.489. The van der Waals surface area contributed by atoms with Crippen molar-refractivity contribution in [2.75, 3.05) is 12.8 Å². The highest BCUT2D eigenvalue weighted by Crippen LogP contribution is 2.35. The van der Waals surface area contributed by atoms with E-state index in [0.717, 1.165) is 75.3 Å². The van der Waals surface area contributed by atoms with Crippen molar-refractivity contribution in [1.29, 1.82) is 0 Å². The van der Waals surface area contributed by atoms with Gasteiger partial charge in [0, 0.05) is 41.9 Å². The summed E-state index contributed by atoms with van der Waals surface area (Å²) in [6.07, 6.45) is 10.1. The van der Waals surface area contributed by atoms with Gasteiger partial charge in [0.15, 0.2) is 0 Å². The third kappa shape index (κ3) is 6.51. The Morgan fingerprint density at radius 3 is 2.62 bits per heavy atom. The first-order valence-corrected chi connectivity index (χ1v) is 17.0. The Balaban J connectivity index is 1.19. The van der Waals surface area contributed by atoms with Crippen LogP contribution in [0.5, 0.6) is 0 Å². The Kier molecular flexibility index (Phi) is 7.90. The van der Waals surface area contributed by atoms with Crippen molar-refractivity contribution in [2.45, 2.75) is 38.8 Å². The van der Waals surface area contributed by atoms with Crippen molar-refractivity contribution in [3.05, 3.63) is 90.0 Å². The zero-order chi connectivity index (χ0) is 31.0. The molecule has 4 aromatic heterocycles. The Hall–Kier alpha value is -4.45. The molecule has 0 atom stereocenters. The number of pyridine rings is 2. The normalized spacial score (nSPS) is 14.2. The van der Waals surface area contributed by atoms with Gasteiger partial charge >= 0.3 is 0 Å². The van der Waals surface area contributed by atoms with Crippen LogP contribution in [0.2, 0.25) is 0 Å². The first-order valence-electron chi connectivity index (χ1n) is 15.2. The maximum absolute atomic E-state index is 14.6. The third-order valence-electron chi connectivity index (χ3n) is 8.46. The lowest BCUT2D eigenvalue weighted by Crippen LogP contribution is -2.21. The zero-order valence-corrected chi connectivity index (χ0v) is 25.7. The predicted octanol–water partition coefficient (Wildman–Crippen LogP) is 6.30. The van der Waals surface area contributed by atoms with Crippen LogP contribution in [-0.4, -0.2) is 46.4 Å². The van der Waals surface area contributed by atoms with E-state index < -0.39 is 15.8 Å². The SMILES string of the molecule is CS(=O)(=O)NCc1cc(F)cc(-c2cccc3[nH]c(-c4n[nH]c5ccc(-c6cncc(CNCC7CCCC7)c6)nc45)cc23)c1. The van der Waals surface area contributed by atoms with E-state index in [9.17, 15) is 12.8 Å². The molecular formula is C34H34FN7O2S. The van der Waals surface area contributed by atoms with Gasteiger partial charge < -0.3 is 10.3 Å². The fraction of sp³-hybridized carbons (Fsp3) is 0.265. The highest BCUT2D eigenvalue weighted by Gasteiger charge is 2.17. The molecule has 6 aromatic rings. The molecule has 45 heavy (non-hydrogen) atoms. The molecule has 2 aromatic carbocycles. The largest absolute Gasteiger partial charge is 0.353 e. The number of aromatic amines is 2. The van der Waals surface area contributed by atoms with Gasteiger partial charge in [-0.2, -0.15) is 5.10 Å². The number of aromatic nitrogens is 5. The smallest absolute Gasteiger partial charge is 0.209 e. The minimum absolute atomic E-state index is 0.000619. The quantitative estimate of drug-likeness (QED) is 0.142. The van der Waals surface area contributed by atoms with Crippen molar-refractivity contribution >= 4 is 32.0 Å². The predicted molar refractivity (Wildman–Crippen MR) is 175 cm³/mol. The highest BCUT2D eigenvalue weighted by molar-refractivity contribution is 7.88. The molecule has 0 spiro atoms. The number of sulfonamides is 1. The molecule has 0 unspecified atom stereocenters. The molecule has 0 amide bonds. The minimum atomic E-state index is -3.42. The molecule has 1 fully saturated rings. The summed E-state index contributed by atoms with van der Waals surface area (Å²) in [5.74, 6) is 0.338. The number of nitrogens with zero attached hydrogens (tertiary/aromatic N) is 3. The van der Waals surface area contributed by atoms with Gasteiger partial charge in [0.25, 0.3) is 0 Å². The molecule has 0 radical (unpaired) electrons. The Morgan fingerprint density at radius 1 is 0.933 bits per heavy atom. The van der Waals surface area contributed by atoms with Gasteiger partial charge in [-0.1, -0.05) is 25.0 Å². The highest BCUT2D eigenvalue weighted by atomic mass is 32.2. The van der Waals surface area contributed by atoms with Crippen molar-refractivity contribution in [3.8, 4) is 33.8 Å². The Bertz CT molecular complexity index is 2120. The molecule has 230 valence electrons. The topological polar surface area (TPSA) is 128 Å². The van der Waals surface area contributed by atoms with E-state index in [-0.39, 0.29) is 6.54 Å². The first-order chi connectivity index (χ1) is 21.8. The number of hydrogen-bond donors (Lipinski definition) is 4. The lowest BCUT2D eigenvalue weighted by Gasteiger charge is -2.11. The van der Waals surface area contributed by atoms with E-state index in [1.165, 1.54) is 37.8 Å². The summed E-state index contributed by atoms with van der Waals surface area (Å²) >= 11 is 0. The van der Waals surface area contributed by atoms with Gasteiger partial charge in [-0.15, -0.1) is 0 Å². The van der Waals surface area contributed by atoms with Gasteiger partial charge in [0.1, 0.15) is 17.0 Å². The number of fused-ring (bicyclic) bond motifs is 2.